The summed E-state index contributed by atoms with van der Waals surface area (Å²) in [6, 6.07) is 10.4. The van der Waals surface area contributed by atoms with E-state index in [9.17, 15) is 31.3 Å². The number of carbonyl (C=O) groups is 1. The SMILES string of the molecule is O=C(COc1cc(I)c(S(=O)(=O)[O-])c(I)c1)OCCOC12CC3CC(C1)CC(/C([O-])=N/S(=O)(=O)c1ccccc1)(C3)C2. The van der Waals surface area contributed by atoms with Gasteiger partial charge in [0.15, 0.2) is 6.61 Å². The van der Waals surface area contributed by atoms with Crippen LogP contribution in [0.3, 0.4) is 0 Å². The Kier molecular flexibility index (Phi) is 9.18. The maximum Gasteiger partial charge on any atom is 0.344 e. The first-order valence-corrected chi connectivity index (χ1v) is 18.2. The minimum absolute atomic E-state index is 0.0169. The molecule has 11 nitrogen and oxygen atoms in total. The van der Waals surface area contributed by atoms with Gasteiger partial charge in [0, 0.05) is 12.6 Å². The second-order valence-electron chi connectivity index (χ2n) is 11.1. The van der Waals surface area contributed by atoms with E-state index in [-0.39, 0.29) is 47.7 Å². The molecule has 4 bridgehead atoms. The number of rotatable bonds is 11. The minimum atomic E-state index is -4.65. The smallest absolute Gasteiger partial charge is 0.344 e. The van der Waals surface area contributed by atoms with Crippen molar-refractivity contribution in [3.05, 3.63) is 49.6 Å². The average Bonchev–Trinajstić information content (AvgIpc) is 2.88. The van der Waals surface area contributed by atoms with Crippen molar-refractivity contribution in [1.29, 1.82) is 0 Å². The van der Waals surface area contributed by atoms with E-state index in [1.54, 1.807) is 63.4 Å². The summed E-state index contributed by atoms with van der Waals surface area (Å²) < 4.78 is 80.9. The monoisotopic (exact) mass is 843 g/mol. The van der Waals surface area contributed by atoms with Gasteiger partial charge in [0.2, 0.25) is 0 Å². The number of esters is 1. The van der Waals surface area contributed by atoms with E-state index >= 15 is 0 Å². The van der Waals surface area contributed by atoms with Gasteiger partial charge >= 0.3 is 5.97 Å². The summed E-state index contributed by atoms with van der Waals surface area (Å²) in [7, 11) is -8.77. The summed E-state index contributed by atoms with van der Waals surface area (Å²) in [6.07, 6.45) is 4.04. The third kappa shape index (κ3) is 6.90. The van der Waals surface area contributed by atoms with Crippen LogP contribution >= 0.6 is 45.2 Å². The normalized spacial score (nSPS) is 27.2. The number of carbonyl (C=O) groups excluding carboxylic acids is 1. The zero-order valence-electron chi connectivity index (χ0n) is 22.2. The second-order valence-corrected chi connectivity index (χ2v) is 16.4. The molecule has 4 fully saturated rings. The fourth-order valence-corrected chi connectivity index (χ4v) is 11.8. The van der Waals surface area contributed by atoms with E-state index in [0.717, 1.165) is 19.3 Å². The van der Waals surface area contributed by atoms with Crippen LogP contribution in [0.15, 0.2) is 56.7 Å². The van der Waals surface area contributed by atoms with Gasteiger partial charge in [-0.2, -0.15) is 12.8 Å². The lowest BCUT2D eigenvalue weighted by molar-refractivity contribution is -0.256. The predicted molar refractivity (Wildman–Crippen MR) is 163 cm³/mol. The van der Waals surface area contributed by atoms with Crippen LogP contribution in [0, 0.1) is 24.4 Å². The van der Waals surface area contributed by atoms with Crippen LogP contribution in [0.25, 0.3) is 0 Å². The molecule has 228 valence electrons. The molecule has 0 amide bonds. The van der Waals surface area contributed by atoms with Crippen molar-refractivity contribution in [2.75, 3.05) is 19.8 Å². The summed E-state index contributed by atoms with van der Waals surface area (Å²) in [5, 5.41) is 13.4. The Morgan fingerprint density at radius 3 is 2.19 bits per heavy atom. The van der Waals surface area contributed by atoms with Crippen molar-refractivity contribution in [2.45, 2.75) is 53.9 Å². The Balaban J connectivity index is 1.17. The molecule has 0 aliphatic heterocycles. The minimum Gasteiger partial charge on any atom is -0.861 e. The quantitative estimate of drug-likeness (QED) is 0.0818. The molecule has 2 aromatic carbocycles. The Morgan fingerprint density at radius 2 is 1.60 bits per heavy atom. The third-order valence-corrected chi connectivity index (χ3v) is 12.7. The molecule has 4 aliphatic carbocycles. The molecule has 15 heteroatoms. The molecule has 0 N–H and O–H groups in total. The summed E-state index contributed by atoms with van der Waals surface area (Å²) in [5.74, 6) is -0.593. The molecular weight excluding hydrogens is 816 g/mol. The van der Waals surface area contributed by atoms with Crippen molar-refractivity contribution in [1.82, 2.24) is 0 Å². The van der Waals surface area contributed by atoms with Gasteiger partial charge in [0.1, 0.15) is 22.5 Å². The molecule has 0 radical (unpaired) electrons. The lowest BCUT2D eigenvalue weighted by Crippen LogP contribution is -2.61. The highest BCUT2D eigenvalue weighted by atomic mass is 127. The molecule has 2 atom stereocenters. The van der Waals surface area contributed by atoms with Gasteiger partial charge in [0.05, 0.1) is 22.0 Å². The molecule has 6 rings (SSSR count). The number of benzene rings is 2. The van der Waals surface area contributed by atoms with Crippen LogP contribution in [0.5, 0.6) is 5.75 Å². The molecule has 42 heavy (non-hydrogen) atoms. The largest absolute Gasteiger partial charge is 0.861 e. The van der Waals surface area contributed by atoms with Crippen molar-refractivity contribution in [3.63, 3.8) is 0 Å². The zero-order valence-corrected chi connectivity index (χ0v) is 28.1. The fourth-order valence-electron chi connectivity index (χ4n) is 6.91. The number of nitrogens with zero attached hydrogens (tertiary/aromatic N) is 1. The molecule has 2 unspecified atom stereocenters. The van der Waals surface area contributed by atoms with E-state index in [0.29, 0.717) is 19.3 Å². The number of sulfonamides is 1. The lowest BCUT2D eigenvalue weighted by atomic mass is 9.47. The maximum absolute atomic E-state index is 13.4. The number of ether oxygens (including phenoxy) is 3. The van der Waals surface area contributed by atoms with E-state index in [1.807, 2.05) is 0 Å². The van der Waals surface area contributed by atoms with Gasteiger partial charge < -0.3 is 23.9 Å². The zero-order chi connectivity index (χ0) is 30.3. The molecule has 0 heterocycles. The summed E-state index contributed by atoms with van der Waals surface area (Å²) in [4.78, 5) is 11.9. The van der Waals surface area contributed by atoms with E-state index in [2.05, 4.69) is 4.40 Å². The van der Waals surface area contributed by atoms with Crippen LogP contribution in [-0.4, -0.2) is 58.7 Å². The molecule has 0 aromatic heterocycles. The number of halogens is 2. The summed E-state index contributed by atoms with van der Waals surface area (Å²) in [5.41, 5.74) is -1.49. The van der Waals surface area contributed by atoms with Crippen molar-refractivity contribution < 1.29 is 45.5 Å². The van der Waals surface area contributed by atoms with Gasteiger partial charge in [-0.3, -0.25) is 0 Å². The molecule has 2 aromatic rings. The Labute approximate surface area is 271 Å². The van der Waals surface area contributed by atoms with E-state index in [4.69, 9.17) is 14.2 Å². The molecule has 4 saturated carbocycles. The Bertz CT molecular complexity index is 1580. The van der Waals surface area contributed by atoms with Crippen molar-refractivity contribution in [3.8, 4) is 5.75 Å². The first-order chi connectivity index (χ1) is 19.7. The van der Waals surface area contributed by atoms with Crippen molar-refractivity contribution >= 4 is 77.2 Å². The van der Waals surface area contributed by atoms with E-state index < -0.39 is 49.6 Å². The molecule has 0 saturated heterocycles. The second kappa shape index (κ2) is 12.1. The highest BCUT2D eigenvalue weighted by Crippen LogP contribution is 2.62. The first kappa shape index (κ1) is 31.9. The lowest BCUT2D eigenvalue weighted by Gasteiger charge is -2.62. The van der Waals surface area contributed by atoms with E-state index in [1.165, 1.54) is 24.3 Å². The Hall–Kier alpha value is -1.54. The van der Waals surface area contributed by atoms with Gasteiger partial charge in [-0.15, -0.1) is 0 Å². The topological polar surface area (TPSA) is 172 Å². The van der Waals surface area contributed by atoms with Gasteiger partial charge in [0.25, 0.3) is 10.0 Å². The van der Waals surface area contributed by atoms with Gasteiger partial charge in [-0.1, -0.05) is 18.2 Å². The van der Waals surface area contributed by atoms with Crippen molar-refractivity contribution in [2.24, 2.45) is 21.6 Å². The van der Waals surface area contributed by atoms with Crippen LogP contribution in [-0.2, 0) is 34.4 Å². The van der Waals surface area contributed by atoms with Gasteiger partial charge in [-0.25, -0.2) is 13.2 Å². The highest BCUT2D eigenvalue weighted by Gasteiger charge is 2.58. The summed E-state index contributed by atoms with van der Waals surface area (Å²) >= 11 is 3.44. The first-order valence-electron chi connectivity index (χ1n) is 13.2. The average molecular weight is 843 g/mol. The highest BCUT2D eigenvalue weighted by molar-refractivity contribution is 14.1. The molecule has 4 aliphatic rings. The standard InChI is InChI=1S/C27H29I2NO10S2/c28-21-9-19(10-22(29)24(21)42(35,36)37)39-15-23(31)38-6-7-40-27-13-17-8-18(14-27)12-26(11-17,16-27)25(32)30-41(33,34)20-4-2-1-3-5-20/h1-5,9-10,17-18H,6-8,11-16H2,(H,30,32)(H,35,36,37)/p-2. The van der Waals surface area contributed by atoms with Crippen LogP contribution < -0.4 is 9.84 Å². The van der Waals surface area contributed by atoms with Crippen LogP contribution in [0.2, 0.25) is 0 Å². The maximum atomic E-state index is 13.4. The van der Waals surface area contributed by atoms with Gasteiger partial charge in [-0.05, 0) is 126 Å². The van der Waals surface area contributed by atoms with Crippen LogP contribution in [0.4, 0.5) is 0 Å². The third-order valence-electron chi connectivity index (χ3n) is 8.04. The molecular formula is C27H27I2NO10S2-2. The Morgan fingerprint density at radius 1 is 0.976 bits per heavy atom. The fraction of sp³-hybridized carbons (Fsp3) is 0.481. The summed E-state index contributed by atoms with van der Waals surface area (Å²) in [6.45, 7) is -0.379. The molecule has 0 spiro atoms. The number of hydrogen-bond acceptors (Lipinski definition) is 10. The van der Waals surface area contributed by atoms with Crippen LogP contribution in [0.1, 0.15) is 38.5 Å². The number of hydrogen-bond donors (Lipinski definition) is 0. The predicted octanol–water partition coefficient (Wildman–Crippen LogP) is 3.23.